The maximum Gasteiger partial charge on any atom is 0.337 e. The van der Waals surface area contributed by atoms with Crippen molar-refractivity contribution in [2.24, 2.45) is 0 Å². The molecule has 0 atom stereocenters. The van der Waals surface area contributed by atoms with Crippen LogP contribution in [0.15, 0.2) is 18.2 Å². The van der Waals surface area contributed by atoms with Gasteiger partial charge in [0, 0.05) is 41.7 Å². The number of hydrogen-bond acceptors (Lipinski definition) is 3. The van der Waals surface area contributed by atoms with Gasteiger partial charge in [0.05, 0.1) is 15.5 Å². The van der Waals surface area contributed by atoms with E-state index in [0.717, 1.165) is 12.1 Å². The zero-order valence-corrected chi connectivity index (χ0v) is 9.99. The van der Waals surface area contributed by atoms with Gasteiger partial charge in [-0.15, -0.1) is 0 Å². The van der Waals surface area contributed by atoms with Gasteiger partial charge < -0.3 is 5.11 Å². The normalized spacial score (nSPS) is 8.93. The van der Waals surface area contributed by atoms with Gasteiger partial charge in [0.1, 0.15) is 0 Å². The first-order chi connectivity index (χ1) is 6.02. The van der Waals surface area contributed by atoms with E-state index >= 15 is 0 Å². The SMILES string of the molecule is O=C(O)c1cc([N+](=O)[O-])ccc1Cl.[Na]. The quantitative estimate of drug-likeness (QED) is 0.470. The van der Waals surface area contributed by atoms with Gasteiger partial charge in [-0.1, -0.05) is 11.6 Å². The molecule has 0 aliphatic carbocycles. The number of carboxylic acids is 1. The molecule has 1 aromatic carbocycles. The Hall–Kier alpha value is -0.620. The summed E-state index contributed by atoms with van der Waals surface area (Å²) in [6.07, 6.45) is 0. The van der Waals surface area contributed by atoms with Gasteiger partial charge in [0.2, 0.25) is 0 Å². The molecule has 0 amide bonds. The monoisotopic (exact) mass is 224 g/mol. The van der Waals surface area contributed by atoms with E-state index in [1.54, 1.807) is 0 Å². The molecular weight excluding hydrogens is 221 g/mol. The molecule has 0 aliphatic heterocycles. The number of halogens is 1. The molecule has 1 radical (unpaired) electrons. The molecule has 7 heteroatoms. The van der Waals surface area contributed by atoms with Crippen molar-refractivity contribution in [2.45, 2.75) is 0 Å². The first kappa shape index (κ1) is 13.4. The maximum atomic E-state index is 10.5. The second-order valence-corrected chi connectivity index (χ2v) is 2.63. The van der Waals surface area contributed by atoms with Crippen molar-refractivity contribution >= 4 is 52.8 Å². The largest absolute Gasteiger partial charge is 0.478 e. The van der Waals surface area contributed by atoms with Gasteiger partial charge in [0.25, 0.3) is 5.69 Å². The van der Waals surface area contributed by atoms with Crippen LogP contribution in [-0.2, 0) is 0 Å². The van der Waals surface area contributed by atoms with Gasteiger partial charge in [-0.05, 0) is 6.07 Å². The first-order valence-electron chi connectivity index (χ1n) is 3.19. The van der Waals surface area contributed by atoms with Crippen molar-refractivity contribution in [3.8, 4) is 0 Å². The van der Waals surface area contributed by atoms with Gasteiger partial charge in [-0.2, -0.15) is 0 Å². The summed E-state index contributed by atoms with van der Waals surface area (Å²) in [5.41, 5.74) is -0.558. The van der Waals surface area contributed by atoms with Gasteiger partial charge in [-0.3, -0.25) is 10.1 Å². The van der Waals surface area contributed by atoms with E-state index in [-0.39, 0.29) is 45.8 Å². The van der Waals surface area contributed by atoms with Crippen molar-refractivity contribution in [2.75, 3.05) is 0 Å². The van der Waals surface area contributed by atoms with E-state index in [1.165, 1.54) is 6.07 Å². The Morgan fingerprint density at radius 3 is 2.50 bits per heavy atom. The number of non-ortho nitro benzene ring substituents is 1. The Bertz CT molecular complexity index is 382. The fourth-order valence-electron chi connectivity index (χ4n) is 0.791. The Labute approximate surface area is 106 Å². The minimum absolute atomic E-state index is 0. The van der Waals surface area contributed by atoms with Crippen LogP contribution in [0.4, 0.5) is 5.69 Å². The topological polar surface area (TPSA) is 80.4 Å². The summed E-state index contributed by atoms with van der Waals surface area (Å²) in [4.78, 5) is 20.1. The summed E-state index contributed by atoms with van der Waals surface area (Å²) >= 11 is 5.49. The number of nitro groups is 1. The third-order valence-electron chi connectivity index (χ3n) is 1.39. The number of nitro benzene ring substituents is 1. The van der Waals surface area contributed by atoms with Crippen LogP contribution < -0.4 is 0 Å². The number of hydrogen-bond donors (Lipinski definition) is 1. The number of aromatic carboxylic acids is 1. The van der Waals surface area contributed by atoms with Crippen molar-refractivity contribution < 1.29 is 14.8 Å². The zero-order valence-electron chi connectivity index (χ0n) is 7.23. The van der Waals surface area contributed by atoms with Crippen LogP contribution in [0.5, 0.6) is 0 Å². The molecule has 0 heterocycles. The fourth-order valence-corrected chi connectivity index (χ4v) is 0.989. The second kappa shape index (κ2) is 5.31. The van der Waals surface area contributed by atoms with Crippen LogP contribution in [-0.4, -0.2) is 45.6 Å². The van der Waals surface area contributed by atoms with E-state index in [1.807, 2.05) is 0 Å². The zero-order chi connectivity index (χ0) is 10.0. The molecule has 0 bridgehead atoms. The molecule has 0 saturated heterocycles. The van der Waals surface area contributed by atoms with Gasteiger partial charge >= 0.3 is 5.97 Å². The molecule has 1 rings (SSSR count). The summed E-state index contributed by atoms with van der Waals surface area (Å²) < 4.78 is 0. The first-order valence-corrected chi connectivity index (χ1v) is 3.57. The Kier molecular flexibility index (Phi) is 5.07. The number of nitrogens with zero attached hydrogens (tertiary/aromatic N) is 1. The fraction of sp³-hybridized carbons (Fsp3) is 0. The van der Waals surface area contributed by atoms with E-state index in [4.69, 9.17) is 16.7 Å². The molecule has 0 spiro atoms. The third-order valence-corrected chi connectivity index (χ3v) is 1.72. The summed E-state index contributed by atoms with van der Waals surface area (Å²) in [6.45, 7) is 0. The minimum Gasteiger partial charge on any atom is -0.478 e. The number of carbonyl (C=O) groups is 1. The van der Waals surface area contributed by atoms with E-state index in [2.05, 4.69) is 0 Å². The predicted octanol–water partition coefficient (Wildman–Crippen LogP) is 1.57. The molecule has 69 valence electrons. The molecule has 0 aliphatic rings. The van der Waals surface area contributed by atoms with Crippen LogP contribution in [0.1, 0.15) is 10.4 Å². The summed E-state index contributed by atoms with van der Waals surface area (Å²) in [7, 11) is 0. The average Bonchev–Trinajstić information content (AvgIpc) is 2.04. The summed E-state index contributed by atoms with van der Waals surface area (Å²) in [6, 6.07) is 3.25. The smallest absolute Gasteiger partial charge is 0.337 e. The van der Waals surface area contributed by atoms with Crippen LogP contribution in [0.3, 0.4) is 0 Å². The molecule has 0 fully saturated rings. The minimum atomic E-state index is -1.28. The van der Waals surface area contributed by atoms with Gasteiger partial charge in [-0.25, -0.2) is 4.79 Å². The molecular formula is C7H4ClNNaO4. The number of carboxylic acid groups (broad SMARTS) is 1. The maximum absolute atomic E-state index is 10.5. The third kappa shape index (κ3) is 2.95. The average molecular weight is 225 g/mol. The van der Waals surface area contributed by atoms with E-state index in [9.17, 15) is 14.9 Å². The second-order valence-electron chi connectivity index (χ2n) is 2.23. The van der Waals surface area contributed by atoms with Crippen molar-refractivity contribution in [1.82, 2.24) is 0 Å². The molecule has 0 saturated carbocycles. The van der Waals surface area contributed by atoms with Crippen molar-refractivity contribution in [3.63, 3.8) is 0 Å². The van der Waals surface area contributed by atoms with E-state index in [0.29, 0.717) is 0 Å². The molecule has 1 aromatic rings. The molecule has 5 nitrogen and oxygen atoms in total. The van der Waals surface area contributed by atoms with Crippen LogP contribution in [0.25, 0.3) is 0 Å². The van der Waals surface area contributed by atoms with Crippen LogP contribution >= 0.6 is 11.6 Å². The summed E-state index contributed by atoms with van der Waals surface area (Å²) in [5, 5.41) is 18.8. The predicted molar refractivity (Wildman–Crippen MR) is 50.8 cm³/mol. The van der Waals surface area contributed by atoms with Crippen molar-refractivity contribution in [1.29, 1.82) is 0 Å². The molecule has 0 aromatic heterocycles. The van der Waals surface area contributed by atoms with Gasteiger partial charge in [0.15, 0.2) is 0 Å². The van der Waals surface area contributed by atoms with Crippen LogP contribution in [0.2, 0.25) is 5.02 Å². The molecule has 1 N–H and O–H groups in total. The molecule has 14 heavy (non-hydrogen) atoms. The van der Waals surface area contributed by atoms with E-state index < -0.39 is 10.9 Å². The Morgan fingerprint density at radius 2 is 2.07 bits per heavy atom. The summed E-state index contributed by atoms with van der Waals surface area (Å²) in [5.74, 6) is -1.28. The standard InChI is InChI=1S/C7H4ClNO4.Na/c8-6-2-1-4(9(12)13)3-5(6)7(10)11;/h1-3H,(H,10,11);. The Balaban J connectivity index is 0.00000169. The number of benzene rings is 1. The number of rotatable bonds is 2. The molecule has 0 unspecified atom stereocenters. The van der Waals surface area contributed by atoms with Crippen LogP contribution in [0, 0.1) is 10.1 Å². The van der Waals surface area contributed by atoms with Crippen molar-refractivity contribution in [3.05, 3.63) is 38.9 Å². The Morgan fingerprint density at radius 1 is 1.50 bits per heavy atom.